The lowest BCUT2D eigenvalue weighted by Gasteiger charge is -2.29. The second kappa shape index (κ2) is 11.5. The number of aryl methyl sites for hydroxylation is 1. The molecule has 0 aliphatic heterocycles. The number of furan rings is 1. The van der Waals surface area contributed by atoms with Crippen LogP contribution in [-0.2, 0) is 9.53 Å². The molecular formula is C23H27N5O6S. The molecule has 1 aromatic carbocycles. The van der Waals surface area contributed by atoms with Gasteiger partial charge in [0.1, 0.15) is 22.1 Å². The van der Waals surface area contributed by atoms with Crippen molar-refractivity contribution in [2.45, 2.75) is 19.9 Å². The van der Waals surface area contributed by atoms with E-state index in [4.69, 9.17) is 25.4 Å². The molecule has 3 aromatic rings. The normalized spacial score (nSPS) is 11.6. The Balaban J connectivity index is 2.14. The maximum atomic E-state index is 13.9. The Morgan fingerprint density at radius 1 is 1.20 bits per heavy atom. The lowest BCUT2D eigenvalue weighted by molar-refractivity contribution is -0.123. The number of nitrogens with zero attached hydrogens (tertiary/aromatic N) is 2. The lowest BCUT2D eigenvalue weighted by atomic mass is 10.1. The van der Waals surface area contributed by atoms with E-state index in [9.17, 15) is 14.4 Å². The van der Waals surface area contributed by atoms with Crippen molar-refractivity contribution < 1.29 is 28.3 Å². The number of nitrogens with one attached hydrogen (secondary N) is 1. The number of hydrogen-bond donors (Lipinski definition) is 3. The van der Waals surface area contributed by atoms with Gasteiger partial charge in [-0.2, -0.15) is 4.37 Å². The molecule has 0 bridgehead atoms. The van der Waals surface area contributed by atoms with Gasteiger partial charge in [-0.3, -0.25) is 19.3 Å². The fourth-order valence-corrected chi connectivity index (χ4v) is 4.08. The number of hydrogen-bond acceptors (Lipinski definition) is 9. The van der Waals surface area contributed by atoms with Crippen molar-refractivity contribution in [3.63, 3.8) is 0 Å². The van der Waals surface area contributed by atoms with E-state index in [1.807, 2.05) is 6.92 Å². The highest BCUT2D eigenvalue weighted by atomic mass is 32.1. The van der Waals surface area contributed by atoms with Crippen molar-refractivity contribution in [2.24, 2.45) is 5.73 Å². The van der Waals surface area contributed by atoms with Gasteiger partial charge in [-0.1, -0.05) is 0 Å². The molecule has 12 heteroatoms. The van der Waals surface area contributed by atoms with Gasteiger partial charge in [0, 0.05) is 19.3 Å². The molecule has 0 fully saturated rings. The Labute approximate surface area is 206 Å². The third-order valence-electron chi connectivity index (χ3n) is 4.94. The van der Waals surface area contributed by atoms with Crippen molar-refractivity contribution in [1.82, 2.24) is 9.69 Å². The molecule has 1 atom stereocenters. The number of anilines is 2. The minimum atomic E-state index is -1.20. The van der Waals surface area contributed by atoms with Gasteiger partial charge >= 0.3 is 0 Å². The molecule has 0 aliphatic rings. The second-order valence-corrected chi connectivity index (χ2v) is 8.15. The van der Waals surface area contributed by atoms with E-state index >= 15 is 0 Å². The first-order valence-corrected chi connectivity index (χ1v) is 11.5. The number of rotatable bonds is 11. The molecule has 0 saturated heterocycles. The van der Waals surface area contributed by atoms with Gasteiger partial charge in [0.25, 0.3) is 17.7 Å². The Kier molecular flexibility index (Phi) is 8.44. The molecule has 5 N–H and O–H groups in total. The summed E-state index contributed by atoms with van der Waals surface area (Å²) in [5, 5.41) is 2.76. The number of carbonyl (C=O) groups is 3. The number of amides is 3. The first kappa shape index (κ1) is 25.7. The molecule has 0 aliphatic carbocycles. The number of nitrogens with two attached hydrogens (primary N) is 2. The van der Waals surface area contributed by atoms with Gasteiger partial charge in [-0.15, -0.1) is 0 Å². The van der Waals surface area contributed by atoms with Crippen LogP contribution in [-0.4, -0.2) is 49.0 Å². The Hall–Kier alpha value is -3.90. The van der Waals surface area contributed by atoms with Gasteiger partial charge < -0.3 is 30.7 Å². The summed E-state index contributed by atoms with van der Waals surface area (Å²) in [5.74, 6) is -0.637. The summed E-state index contributed by atoms with van der Waals surface area (Å²) in [6.45, 7) is 4.53. The van der Waals surface area contributed by atoms with Crippen LogP contribution in [0.25, 0.3) is 0 Å². The van der Waals surface area contributed by atoms with Crippen LogP contribution in [0.15, 0.2) is 40.8 Å². The number of benzene rings is 1. The Bertz CT molecular complexity index is 1190. The third kappa shape index (κ3) is 5.78. The van der Waals surface area contributed by atoms with E-state index in [2.05, 4.69) is 9.69 Å². The number of primary amides is 1. The first-order valence-electron chi connectivity index (χ1n) is 10.7. The monoisotopic (exact) mass is 501 g/mol. The van der Waals surface area contributed by atoms with Crippen LogP contribution >= 0.6 is 11.5 Å². The summed E-state index contributed by atoms with van der Waals surface area (Å²) < 4.78 is 20.2. The van der Waals surface area contributed by atoms with Crippen molar-refractivity contribution >= 4 is 40.6 Å². The van der Waals surface area contributed by atoms with Crippen LogP contribution in [0.4, 0.5) is 11.4 Å². The van der Waals surface area contributed by atoms with Crippen LogP contribution in [0.3, 0.4) is 0 Å². The van der Waals surface area contributed by atoms with Gasteiger partial charge in [-0.25, -0.2) is 0 Å². The topological polar surface area (TPSA) is 163 Å². The van der Waals surface area contributed by atoms with Crippen molar-refractivity contribution in [3.05, 3.63) is 58.5 Å². The molecule has 35 heavy (non-hydrogen) atoms. The average Bonchev–Trinajstić information content (AvgIpc) is 3.43. The summed E-state index contributed by atoms with van der Waals surface area (Å²) in [5.41, 5.74) is 11.4. The van der Waals surface area contributed by atoms with Gasteiger partial charge in [0.05, 0.1) is 18.9 Å². The summed E-state index contributed by atoms with van der Waals surface area (Å²) in [4.78, 5) is 40.1. The standard InChI is InChI=1S/C23H27N5O6S/c1-4-33-15-8-6-14(7-9-15)28(23(31)20-17(24)18(21(25)29)27-35-20)19(16-10-5-13(2)34-16)22(30)26-11-12-32-3/h5-10,19H,4,11-12,24H2,1-3H3,(H2,25,29)(H,26,30). The number of nitrogen functional groups attached to an aromatic ring is 1. The number of carbonyl (C=O) groups excluding carboxylic acids is 3. The van der Waals surface area contributed by atoms with Crippen LogP contribution < -0.4 is 26.4 Å². The van der Waals surface area contributed by atoms with Gasteiger partial charge in [0.15, 0.2) is 11.7 Å². The minimum absolute atomic E-state index is 0.0364. The third-order valence-corrected chi connectivity index (χ3v) is 5.79. The lowest BCUT2D eigenvalue weighted by Crippen LogP contribution is -2.44. The summed E-state index contributed by atoms with van der Waals surface area (Å²) in [7, 11) is 1.51. The van der Waals surface area contributed by atoms with Gasteiger partial charge in [-0.05, 0) is 61.8 Å². The van der Waals surface area contributed by atoms with Crippen LogP contribution in [0.2, 0.25) is 0 Å². The summed E-state index contributed by atoms with van der Waals surface area (Å²) in [6.07, 6.45) is 0. The van der Waals surface area contributed by atoms with E-state index in [1.54, 1.807) is 43.3 Å². The number of aromatic nitrogens is 1. The first-order chi connectivity index (χ1) is 16.8. The molecule has 3 amide bonds. The van der Waals surface area contributed by atoms with E-state index in [1.165, 1.54) is 12.0 Å². The van der Waals surface area contributed by atoms with Crippen LogP contribution in [0.1, 0.15) is 44.6 Å². The zero-order chi connectivity index (χ0) is 25.5. The second-order valence-electron chi connectivity index (χ2n) is 7.38. The van der Waals surface area contributed by atoms with Crippen LogP contribution in [0, 0.1) is 6.92 Å². The average molecular weight is 502 g/mol. The zero-order valence-electron chi connectivity index (χ0n) is 19.6. The molecule has 0 saturated carbocycles. The molecule has 1 unspecified atom stereocenters. The molecule has 11 nitrogen and oxygen atoms in total. The highest BCUT2D eigenvalue weighted by Gasteiger charge is 2.37. The highest BCUT2D eigenvalue weighted by Crippen LogP contribution is 2.34. The summed E-state index contributed by atoms with van der Waals surface area (Å²) in [6, 6.07) is 8.74. The predicted molar refractivity (Wildman–Crippen MR) is 131 cm³/mol. The van der Waals surface area contributed by atoms with Gasteiger partial charge in [0.2, 0.25) is 0 Å². The highest BCUT2D eigenvalue weighted by molar-refractivity contribution is 7.09. The maximum Gasteiger partial charge on any atom is 0.273 e. The fourth-order valence-electron chi connectivity index (χ4n) is 3.34. The van der Waals surface area contributed by atoms with E-state index in [0.717, 1.165) is 11.5 Å². The van der Waals surface area contributed by atoms with Crippen molar-refractivity contribution in [1.29, 1.82) is 0 Å². The predicted octanol–water partition coefficient (Wildman–Crippen LogP) is 2.28. The van der Waals surface area contributed by atoms with E-state index in [0.29, 0.717) is 23.8 Å². The smallest absolute Gasteiger partial charge is 0.273 e. The molecule has 2 aromatic heterocycles. The quantitative estimate of drug-likeness (QED) is 0.337. The molecule has 186 valence electrons. The fraction of sp³-hybridized carbons (Fsp3) is 0.304. The largest absolute Gasteiger partial charge is 0.494 e. The molecule has 3 rings (SSSR count). The maximum absolute atomic E-state index is 13.9. The van der Waals surface area contributed by atoms with E-state index in [-0.39, 0.29) is 35.2 Å². The molecular weight excluding hydrogens is 474 g/mol. The number of methoxy groups -OCH3 is 1. The Morgan fingerprint density at radius 3 is 2.46 bits per heavy atom. The molecule has 2 heterocycles. The number of ether oxygens (including phenoxy) is 2. The van der Waals surface area contributed by atoms with Crippen molar-refractivity contribution in [2.75, 3.05) is 37.5 Å². The molecule has 0 radical (unpaired) electrons. The minimum Gasteiger partial charge on any atom is -0.494 e. The van der Waals surface area contributed by atoms with E-state index < -0.39 is 23.8 Å². The van der Waals surface area contributed by atoms with Crippen molar-refractivity contribution in [3.8, 4) is 5.75 Å². The van der Waals surface area contributed by atoms with Crippen LogP contribution in [0.5, 0.6) is 5.75 Å². The molecule has 0 spiro atoms. The Morgan fingerprint density at radius 2 is 1.91 bits per heavy atom. The summed E-state index contributed by atoms with van der Waals surface area (Å²) >= 11 is 0.724. The zero-order valence-corrected chi connectivity index (χ0v) is 20.4. The SMILES string of the molecule is CCOc1ccc(N(C(=O)c2snc(C(N)=O)c2N)C(C(=O)NCCOC)c2ccc(C)o2)cc1.